The fraction of sp³-hybridized carbons (Fsp3) is 0.348. The third kappa shape index (κ3) is 5.10. The van der Waals surface area contributed by atoms with Gasteiger partial charge < -0.3 is 21.3 Å². The van der Waals surface area contributed by atoms with E-state index in [1.165, 1.54) is 13.0 Å². The monoisotopic (exact) mass is 458 g/mol. The molecule has 174 valence electrons. The lowest BCUT2D eigenvalue weighted by atomic mass is 10.0. The van der Waals surface area contributed by atoms with Crippen molar-refractivity contribution in [2.24, 2.45) is 0 Å². The quantitative estimate of drug-likeness (QED) is 0.502. The molecule has 1 fully saturated rings. The van der Waals surface area contributed by atoms with E-state index < -0.39 is 11.7 Å². The number of carbonyl (C=O) groups is 1. The molecule has 1 aliphatic heterocycles. The van der Waals surface area contributed by atoms with Gasteiger partial charge in [0.05, 0.1) is 11.1 Å². The molecule has 4 rings (SSSR count). The number of hydrogen-bond donors (Lipinski definition) is 3. The Bertz CT molecular complexity index is 1200. The van der Waals surface area contributed by atoms with E-state index in [-0.39, 0.29) is 29.3 Å². The summed E-state index contributed by atoms with van der Waals surface area (Å²) in [7, 11) is 0. The van der Waals surface area contributed by atoms with Crippen LogP contribution in [-0.2, 0) is 11.0 Å². The Kier molecular flexibility index (Phi) is 6.01. The van der Waals surface area contributed by atoms with E-state index in [0.717, 1.165) is 42.5 Å². The molecule has 1 saturated heterocycles. The number of alkyl halides is 3. The molecule has 2 heterocycles. The second kappa shape index (κ2) is 8.76. The summed E-state index contributed by atoms with van der Waals surface area (Å²) in [5.74, 6) is 0.753. The standard InChI is InChI=1S/C23H25F3N6O/c1-13-5-3-7-19-20(13)30-22(29-18-10-15(23(24,25)26)9-16(27)11-18)31-21(19)32-8-4-6-17(12-32)28-14(2)33/h3,5,7,9-11,17H,4,6,8,12,27H2,1-2H3,(H,28,33)(H,29,30,31). The van der Waals surface area contributed by atoms with E-state index in [2.05, 4.69) is 25.5 Å². The van der Waals surface area contributed by atoms with Crippen LogP contribution in [0.3, 0.4) is 0 Å². The van der Waals surface area contributed by atoms with Crippen molar-refractivity contribution in [1.82, 2.24) is 15.3 Å². The average molecular weight is 458 g/mol. The summed E-state index contributed by atoms with van der Waals surface area (Å²) < 4.78 is 39.7. The number of amides is 1. The van der Waals surface area contributed by atoms with Crippen molar-refractivity contribution in [2.45, 2.75) is 38.9 Å². The molecule has 10 heteroatoms. The molecule has 0 radical (unpaired) electrons. The van der Waals surface area contributed by atoms with Crippen LogP contribution in [0.5, 0.6) is 0 Å². The topological polar surface area (TPSA) is 96.2 Å². The van der Waals surface area contributed by atoms with Gasteiger partial charge >= 0.3 is 6.18 Å². The van der Waals surface area contributed by atoms with Gasteiger partial charge in [-0.25, -0.2) is 4.98 Å². The number of aryl methyl sites for hydroxylation is 1. The molecule has 1 atom stereocenters. The smallest absolute Gasteiger partial charge is 0.399 e. The number of benzene rings is 2. The van der Waals surface area contributed by atoms with E-state index in [1.54, 1.807) is 0 Å². The number of nitrogens with zero attached hydrogens (tertiary/aromatic N) is 3. The highest BCUT2D eigenvalue weighted by molar-refractivity contribution is 5.93. The van der Waals surface area contributed by atoms with Gasteiger partial charge in [-0.05, 0) is 49.6 Å². The zero-order chi connectivity index (χ0) is 23.8. The normalized spacial score (nSPS) is 16.6. The minimum atomic E-state index is -4.52. The van der Waals surface area contributed by atoms with Gasteiger partial charge in [0.2, 0.25) is 11.9 Å². The maximum Gasteiger partial charge on any atom is 0.416 e. The van der Waals surface area contributed by atoms with Crippen LogP contribution in [0.4, 0.5) is 36.3 Å². The number of halogens is 3. The fourth-order valence-electron chi connectivity index (χ4n) is 4.17. The number of hydrogen-bond acceptors (Lipinski definition) is 6. The average Bonchev–Trinajstić information content (AvgIpc) is 2.72. The first-order valence-corrected chi connectivity index (χ1v) is 10.6. The minimum Gasteiger partial charge on any atom is -0.399 e. The molecular weight excluding hydrogens is 433 g/mol. The zero-order valence-electron chi connectivity index (χ0n) is 18.3. The second-order valence-corrected chi connectivity index (χ2v) is 8.29. The van der Waals surface area contributed by atoms with Gasteiger partial charge in [0, 0.05) is 42.8 Å². The van der Waals surface area contributed by atoms with Crippen molar-refractivity contribution >= 4 is 40.0 Å². The number of nitrogen functional groups attached to an aromatic ring is 1. The first-order chi connectivity index (χ1) is 15.6. The van der Waals surface area contributed by atoms with Gasteiger partial charge in [-0.1, -0.05) is 12.1 Å². The lowest BCUT2D eigenvalue weighted by Gasteiger charge is -2.34. The van der Waals surface area contributed by atoms with Gasteiger partial charge in [-0.15, -0.1) is 0 Å². The Morgan fingerprint density at radius 3 is 2.73 bits per heavy atom. The summed E-state index contributed by atoms with van der Waals surface area (Å²) in [6.45, 7) is 4.73. The third-order valence-corrected chi connectivity index (χ3v) is 5.58. The lowest BCUT2D eigenvalue weighted by molar-refractivity contribution is -0.137. The molecule has 0 aliphatic carbocycles. The number of nitrogens with one attached hydrogen (secondary N) is 2. The molecule has 2 aromatic carbocycles. The van der Waals surface area contributed by atoms with Crippen LogP contribution in [0.1, 0.15) is 30.9 Å². The van der Waals surface area contributed by atoms with Gasteiger partial charge in [0.25, 0.3) is 0 Å². The highest BCUT2D eigenvalue weighted by Crippen LogP contribution is 2.34. The van der Waals surface area contributed by atoms with E-state index in [1.807, 2.05) is 25.1 Å². The number of para-hydroxylation sites is 1. The summed E-state index contributed by atoms with van der Waals surface area (Å²) >= 11 is 0. The molecule has 7 nitrogen and oxygen atoms in total. The zero-order valence-corrected chi connectivity index (χ0v) is 18.3. The fourth-order valence-corrected chi connectivity index (χ4v) is 4.17. The molecule has 1 aliphatic rings. The number of rotatable bonds is 4. The second-order valence-electron chi connectivity index (χ2n) is 8.29. The van der Waals surface area contributed by atoms with Gasteiger partial charge in [0.15, 0.2) is 0 Å². The lowest BCUT2D eigenvalue weighted by Crippen LogP contribution is -2.47. The van der Waals surface area contributed by atoms with Crippen molar-refractivity contribution in [3.63, 3.8) is 0 Å². The van der Waals surface area contributed by atoms with Crippen LogP contribution < -0.4 is 21.3 Å². The largest absolute Gasteiger partial charge is 0.416 e. The molecule has 0 spiro atoms. The van der Waals surface area contributed by atoms with Crippen molar-refractivity contribution in [1.29, 1.82) is 0 Å². The molecular formula is C23H25F3N6O. The van der Waals surface area contributed by atoms with Crippen LogP contribution in [0.15, 0.2) is 36.4 Å². The van der Waals surface area contributed by atoms with Crippen molar-refractivity contribution < 1.29 is 18.0 Å². The summed E-state index contributed by atoms with van der Waals surface area (Å²) in [5, 5.41) is 6.70. The highest BCUT2D eigenvalue weighted by Gasteiger charge is 2.31. The molecule has 1 amide bonds. The Labute approximate surface area is 189 Å². The highest BCUT2D eigenvalue weighted by atomic mass is 19.4. The number of fused-ring (bicyclic) bond motifs is 1. The molecule has 3 aromatic rings. The molecule has 4 N–H and O–H groups in total. The Morgan fingerprint density at radius 2 is 2.00 bits per heavy atom. The van der Waals surface area contributed by atoms with Crippen LogP contribution in [0.25, 0.3) is 10.9 Å². The predicted molar refractivity (Wildman–Crippen MR) is 122 cm³/mol. The van der Waals surface area contributed by atoms with Crippen molar-refractivity contribution in [3.05, 3.63) is 47.5 Å². The van der Waals surface area contributed by atoms with Gasteiger partial charge in [0.1, 0.15) is 5.82 Å². The molecule has 1 aromatic heterocycles. The molecule has 33 heavy (non-hydrogen) atoms. The van der Waals surface area contributed by atoms with E-state index in [9.17, 15) is 18.0 Å². The van der Waals surface area contributed by atoms with Crippen LogP contribution >= 0.6 is 0 Å². The van der Waals surface area contributed by atoms with Crippen LogP contribution in [0.2, 0.25) is 0 Å². The third-order valence-electron chi connectivity index (χ3n) is 5.58. The number of piperidine rings is 1. The Hall–Kier alpha value is -3.56. The molecule has 0 saturated carbocycles. The summed E-state index contributed by atoms with van der Waals surface area (Å²) in [6, 6.07) is 9.03. The van der Waals surface area contributed by atoms with Crippen LogP contribution in [0, 0.1) is 6.92 Å². The summed E-state index contributed by atoms with van der Waals surface area (Å²) in [6.07, 6.45) is -2.79. The minimum absolute atomic E-state index is 0.00857. The maximum absolute atomic E-state index is 13.2. The number of anilines is 4. The molecule has 1 unspecified atom stereocenters. The van der Waals surface area contributed by atoms with Gasteiger partial charge in [-0.3, -0.25) is 4.79 Å². The molecule has 0 bridgehead atoms. The Morgan fingerprint density at radius 1 is 1.21 bits per heavy atom. The first-order valence-electron chi connectivity index (χ1n) is 10.6. The van der Waals surface area contributed by atoms with Crippen molar-refractivity contribution in [3.8, 4) is 0 Å². The Balaban J connectivity index is 1.74. The maximum atomic E-state index is 13.2. The van der Waals surface area contributed by atoms with E-state index in [0.29, 0.717) is 17.9 Å². The summed E-state index contributed by atoms with van der Waals surface area (Å²) in [4.78, 5) is 22.9. The predicted octanol–water partition coefficient (Wildman–Crippen LogP) is 4.39. The van der Waals surface area contributed by atoms with E-state index >= 15 is 0 Å². The van der Waals surface area contributed by atoms with Crippen molar-refractivity contribution in [2.75, 3.05) is 29.0 Å². The summed E-state index contributed by atoms with van der Waals surface area (Å²) in [5.41, 5.74) is 6.60. The van der Waals surface area contributed by atoms with E-state index in [4.69, 9.17) is 5.73 Å². The first kappa shape index (κ1) is 22.6. The SMILES string of the molecule is CC(=O)NC1CCCN(c2nc(Nc3cc(N)cc(C(F)(F)F)c3)nc3c(C)cccc23)C1. The van der Waals surface area contributed by atoms with Crippen LogP contribution in [-0.4, -0.2) is 35.0 Å². The number of aromatic nitrogens is 2. The number of nitrogens with two attached hydrogens (primary N) is 1. The number of carbonyl (C=O) groups excluding carboxylic acids is 1. The van der Waals surface area contributed by atoms with Gasteiger partial charge in [-0.2, -0.15) is 18.2 Å².